The SMILES string of the molecule is CCCCCC[C@H]1CC[C@H](C2COC(c3ccc(C#N)c(F)c3)OC2)CC1. The van der Waals surface area contributed by atoms with E-state index in [9.17, 15) is 4.39 Å². The van der Waals surface area contributed by atoms with E-state index in [4.69, 9.17) is 14.7 Å². The first-order chi connectivity index (χ1) is 13.2. The largest absolute Gasteiger partial charge is 0.348 e. The molecule has 3 rings (SSSR count). The van der Waals surface area contributed by atoms with Gasteiger partial charge in [-0.2, -0.15) is 5.26 Å². The Morgan fingerprint density at radius 2 is 1.78 bits per heavy atom. The fourth-order valence-electron chi connectivity index (χ4n) is 4.56. The van der Waals surface area contributed by atoms with Crippen LogP contribution in [0.1, 0.15) is 82.1 Å². The molecule has 1 saturated carbocycles. The first kappa shape index (κ1) is 20.3. The van der Waals surface area contributed by atoms with Gasteiger partial charge in [0.05, 0.1) is 18.8 Å². The molecule has 1 aromatic carbocycles. The standard InChI is InChI=1S/C23H32FNO2/c1-2-3-4-5-6-17-7-9-18(10-8-17)21-15-26-23(27-16-21)19-11-12-20(14-25)22(24)13-19/h11-13,17-18,21,23H,2-10,15-16H2,1H3/t17-,18-,21?,23?. The Bertz CT molecular complexity index is 626. The molecule has 1 aromatic rings. The van der Waals surface area contributed by atoms with Gasteiger partial charge >= 0.3 is 0 Å². The second kappa shape index (κ2) is 10.2. The van der Waals surface area contributed by atoms with Gasteiger partial charge in [-0.1, -0.05) is 57.9 Å². The summed E-state index contributed by atoms with van der Waals surface area (Å²) < 4.78 is 25.6. The number of nitrogens with zero attached hydrogens (tertiary/aromatic N) is 1. The highest BCUT2D eigenvalue weighted by Crippen LogP contribution is 2.38. The number of ether oxygens (including phenoxy) is 2. The molecule has 2 fully saturated rings. The monoisotopic (exact) mass is 373 g/mol. The van der Waals surface area contributed by atoms with Crippen LogP contribution in [0.5, 0.6) is 0 Å². The van der Waals surface area contributed by atoms with E-state index >= 15 is 0 Å². The Morgan fingerprint density at radius 1 is 1.04 bits per heavy atom. The van der Waals surface area contributed by atoms with Gasteiger partial charge in [-0.05, 0) is 36.8 Å². The Labute approximate surface area is 162 Å². The molecule has 4 heteroatoms. The normalized spacial score (nSPS) is 28.6. The Kier molecular flexibility index (Phi) is 7.67. The third kappa shape index (κ3) is 5.53. The predicted octanol–water partition coefficient (Wildman–Crippen LogP) is 6.14. The van der Waals surface area contributed by atoms with E-state index in [1.165, 1.54) is 69.9 Å². The molecule has 1 aliphatic carbocycles. The second-order valence-electron chi connectivity index (χ2n) is 8.24. The van der Waals surface area contributed by atoms with Crippen LogP contribution in [0.4, 0.5) is 4.39 Å². The highest BCUT2D eigenvalue weighted by atomic mass is 19.1. The summed E-state index contributed by atoms with van der Waals surface area (Å²) in [6.45, 7) is 3.62. The lowest BCUT2D eigenvalue weighted by Gasteiger charge is -2.38. The zero-order valence-corrected chi connectivity index (χ0v) is 16.5. The molecule has 0 bridgehead atoms. The number of halogens is 1. The molecule has 148 valence electrons. The highest BCUT2D eigenvalue weighted by molar-refractivity contribution is 5.33. The van der Waals surface area contributed by atoms with Gasteiger partial charge in [0.2, 0.25) is 0 Å². The maximum Gasteiger partial charge on any atom is 0.183 e. The van der Waals surface area contributed by atoms with Crippen LogP contribution < -0.4 is 0 Å². The minimum atomic E-state index is -0.515. The maximum atomic E-state index is 13.8. The highest BCUT2D eigenvalue weighted by Gasteiger charge is 2.32. The van der Waals surface area contributed by atoms with Gasteiger partial charge in [0, 0.05) is 11.5 Å². The van der Waals surface area contributed by atoms with Gasteiger partial charge in [0.25, 0.3) is 0 Å². The van der Waals surface area contributed by atoms with Crippen molar-refractivity contribution in [3.8, 4) is 6.07 Å². The lowest BCUT2D eigenvalue weighted by Crippen LogP contribution is -2.34. The van der Waals surface area contributed by atoms with Crippen molar-refractivity contribution in [2.45, 2.75) is 71.0 Å². The third-order valence-corrected chi connectivity index (χ3v) is 6.33. The van der Waals surface area contributed by atoms with Crippen LogP contribution >= 0.6 is 0 Å². The van der Waals surface area contributed by atoms with E-state index in [1.807, 2.05) is 6.07 Å². The van der Waals surface area contributed by atoms with E-state index in [2.05, 4.69) is 6.92 Å². The quantitative estimate of drug-likeness (QED) is 0.539. The Balaban J connectivity index is 1.41. The molecular weight excluding hydrogens is 341 g/mol. The molecule has 0 atom stereocenters. The fourth-order valence-corrected chi connectivity index (χ4v) is 4.56. The van der Waals surface area contributed by atoms with Crippen LogP contribution in [0.3, 0.4) is 0 Å². The van der Waals surface area contributed by atoms with Crippen LogP contribution in [0.25, 0.3) is 0 Å². The number of hydrogen-bond acceptors (Lipinski definition) is 3. The molecule has 1 saturated heterocycles. The van der Waals surface area contributed by atoms with Gasteiger partial charge in [0.1, 0.15) is 11.9 Å². The number of benzene rings is 1. The van der Waals surface area contributed by atoms with E-state index in [1.54, 1.807) is 6.07 Å². The summed E-state index contributed by atoms with van der Waals surface area (Å²) in [6, 6.07) is 6.41. The first-order valence-corrected chi connectivity index (χ1v) is 10.6. The van der Waals surface area contributed by atoms with Crippen molar-refractivity contribution < 1.29 is 13.9 Å². The Hall–Kier alpha value is -1.44. The second-order valence-corrected chi connectivity index (χ2v) is 8.24. The summed E-state index contributed by atoms with van der Waals surface area (Å²) in [5, 5.41) is 8.84. The fraction of sp³-hybridized carbons (Fsp3) is 0.696. The summed E-state index contributed by atoms with van der Waals surface area (Å²) in [7, 11) is 0. The number of rotatable bonds is 7. The van der Waals surface area contributed by atoms with E-state index in [-0.39, 0.29) is 5.56 Å². The first-order valence-electron chi connectivity index (χ1n) is 10.6. The molecule has 0 radical (unpaired) electrons. The van der Waals surface area contributed by atoms with Crippen molar-refractivity contribution in [1.82, 2.24) is 0 Å². The summed E-state index contributed by atoms with van der Waals surface area (Å²) in [4.78, 5) is 0. The van der Waals surface area contributed by atoms with Crippen LogP contribution in [0, 0.1) is 34.9 Å². The maximum absolute atomic E-state index is 13.8. The molecule has 27 heavy (non-hydrogen) atoms. The molecule has 0 spiro atoms. The predicted molar refractivity (Wildman–Crippen MR) is 103 cm³/mol. The van der Waals surface area contributed by atoms with E-state index < -0.39 is 12.1 Å². The van der Waals surface area contributed by atoms with Crippen molar-refractivity contribution >= 4 is 0 Å². The topological polar surface area (TPSA) is 42.2 Å². The van der Waals surface area contributed by atoms with Crippen molar-refractivity contribution in [1.29, 1.82) is 5.26 Å². The molecule has 2 aliphatic rings. The zero-order valence-electron chi connectivity index (χ0n) is 16.5. The lowest BCUT2D eigenvalue weighted by atomic mass is 9.74. The lowest BCUT2D eigenvalue weighted by molar-refractivity contribution is -0.214. The van der Waals surface area contributed by atoms with Crippen molar-refractivity contribution in [2.75, 3.05) is 13.2 Å². The average molecular weight is 374 g/mol. The minimum absolute atomic E-state index is 0.0545. The van der Waals surface area contributed by atoms with Crippen LogP contribution in [-0.4, -0.2) is 13.2 Å². The van der Waals surface area contributed by atoms with E-state index in [0.717, 1.165) is 5.92 Å². The molecule has 0 unspecified atom stereocenters. The Morgan fingerprint density at radius 3 is 2.41 bits per heavy atom. The molecule has 0 amide bonds. The van der Waals surface area contributed by atoms with Gasteiger partial charge in [-0.15, -0.1) is 0 Å². The minimum Gasteiger partial charge on any atom is -0.348 e. The van der Waals surface area contributed by atoms with Crippen LogP contribution in [0.15, 0.2) is 18.2 Å². The van der Waals surface area contributed by atoms with Crippen LogP contribution in [-0.2, 0) is 9.47 Å². The van der Waals surface area contributed by atoms with Gasteiger partial charge in [-0.25, -0.2) is 4.39 Å². The zero-order chi connectivity index (χ0) is 19.1. The molecule has 3 nitrogen and oxygen atoms in total. The molecule has 1 aliphatic heterocycles. The summed E-state index contributed by atoms with van der Waals surface area (Å²) in [5.74, 6) is 1.54. The van der Waals surface area contributed by atoms with Crippen molar-refractivity contribution in [3.63, 3.8) is 0 Å². The van der Waals surface area contributed by atoms with E-state index in [0.29, 0.717) is 30.6 Å². The number of hydrogen-bond donors (Lipinski definition) is 0. The molecule has 1 heterocycles. The molecule has 0 aromatic heterocycles. The van der Waals surface area contributed by atoms with Crippen LogP contribution in [0.2, 0.25) is 0 Å². The van der Waals surface area contributed by atoms with Gasteiger partial charge in [0.15, 0.2) is 6.29 Å². The van der Waals surface area contributed by atoms with Gasteiger partial charge < -0.3 is 9.47 Å². The van der Waals surface area contributed by atoms with Crippen molar-refractivity contribution in [3.05, 3.63) is 35.1 Å². The van der Waals surface area contributed by atoms with Crippen molar-refractivity contribution in [2.24, 2.45) is 17.8 Å². The summed E-state index contributed by atoms with van der Waals surface area (Å²) in [5.41, 5.74) is 0.708. The van der Waals surface area contributed by atoms with Gasteiger partial charge in [-0.3, -0.25) is 0 Å². The summed E-state index contributed by atoms with van der Waals surface area (Å²) in [6.07, 6.45) is 11.6. The number of unbranched alkanes of at least 4 members (excludes halogenated alkanes) is 3. The summed E-state index contributed by atoms with van der Waals surface area (Å²) >= 11 is 0. The molecular formula is C23H32FNO2. The number of nitriles is 1. The third-order valence-electron chi connectivity index (χ3n) is 6.33. The molecule has 0 N–H and O–H groups in total. The smallest absolute Gasteiger partial charge is 0.183 e. The average Bonchev–Trinajstić information content (AvgIpc) is 2.72.